The SMILES string of the molecule is Cc1cc(NS(=O)(=O)NC(=O)N2C[C@H](NC(=O)Cc3ccccc3)C2=O)no1.[NaH]. The summed E-state index contributed by atoms with van der Waals surface area (Å²) in [5.41, 5.74) is 0.779. The van der Waals surface area contributed by atoms with Crippen LogP contribution in [0.1, 0.15) is 11.3 Å². The monoisotopic (exact) mass is 431 g/mol. The number of aromatic nitrogens is 1. The number of imide groups is 1. The number of rotatable bonds is 6. The molecule has 1 aromatic heterocycles. The van der Waals surface area contributed by atoms with Crippen LogP contribution in [0.25, 0.3) is 0 Å². The van der Waals surface area contributed by atoms with Gasteiger partial charge in [0.1, 0.15) is 11.8 Å². The van der Waals surface area contributed by atoms with Gasteiger partial charge in [-0.2, -0.15) is 8.42 Å². The summed E-state index contributed by atoms with van der Waals surface area (Å²) in [7, 11) is -4.30. The van der Waals surface area contributed by atoms with E-state index in [1.54, 1.807) is 35.9 Å². The third-order valence-corrected chi connectivity index (χ3v) is 4.73. The zero-order valence-electron chi connectivity index (χ0n) is 14.7. The third kappa shape index (κ3) is 6.03. The number of aryl methyl sites for hydroxylation is 1. The van der Waals surface area contributed by atoms with E-state index >= 15 is 0 Å². The van der Waals surface area contributed by atoms with Gasteiger partial charge in [-0.25, -0.2) is 14.2 Å². The quantitative estimate of drug-likeness (QED) is 0.403. The molecule has 11 nitrogen and oxygen atoms in total. The van der Waals surface area contributed by atoms with Crippen molar-refractivity contribution in [3.05, 3.63) is 47.7 Å². The maximum absolute atomic E-state index is 12.0. The number of carbonyl (C=O) groups excluding carboxylic acids is 3. The normalized spacial score (nSPS) is 15.7. The van der Waals surface area contributed by atoms with E-state index in [1.807, 2.05) is 10.8 Å². The van der Waals surface area contributed by atoms with Gasteiger partial charge in [0.15, 0.2) is 5.82 Å². The molecule has 2 aromatic rings. The number of carbonyl (C=O) groups is 3. The third-order valence-electron chi connectivity index (χ3n) is 3.81. The molecular formula is C16H18N5NaO6S. The average molecular weight is 431 g/mol. The average Bonchev–Trinajstić information content (AvgIpc) is 3.02. The van der Waals surface area contributed by atoms with Crippen LogP contribution in [0, 0.1) is 6.92 Å². The van der Waals surface area contributed by atoms with E-state index in [4.69, 9.17) is 4.52 Å². The number of nitrogens with zero attached hydrogens (tertiary/aromatic N) is 2. The minimum absolute atomic E-state index is 0. The van der Waals surface area contributed by atoms with Gasteiger partial charge in [-0.3, -0.25) is 14.5 Å². The van der Waals surface area contributed by atoms with Crippen LogP contribution in [-0.4, -0.2) is 78.5 Å². The molecule has 0 bridgehead atoms. The van der Waals surface area contributed by atoms with Gasteiger partial charge >= 0.3 is 45.8 Å². The molecule has 1 fully saturated rings. The van der Waals surface area contributed by atoms with Crippen molar-refractivity contribution in [1.29, 1.82) is 0 Å². The van der Waals surface area contributed by atoms with Gasteiger partial charge in [0.2, 0.25) is 5.91 Å². The van der Waals surface area contributed by atoms with Crippen molar-refractivity contribution in [2.45, 2.75) is 19.4 Å². The molecule has 150 valence electrons. The van der Waals surface area contributed by atoms with Gasteiger partial charge in [0.05, 0.1) is 13.0 Å². The molecule has 0 saturated carbocycles. The molecule has 4 amide bonds. The van der Waals surface area contributed by atoms with Crippen molar-refractivity contribution in [1.82, 2.24) is 20.1 Å². The first kappa shape index (κ1) is 22.9. The van der Waals surface area contributed by atoms with E-state index < -0.39 is 28.2 Å². The van der Waals surface area contributed by atoms with Gasteiger partial charge in [-0.15, -0.1) is 0 Å². The number of hydrogen-bond donors (Lipinski definition) is 3. The molecule has 3 rings (SSSR count). The van der Waals surface area contributed by atoms with Crippen LogP contribution in [0.2, 0.25) is 0 Å². The van der Waals surface area contributed by atoms with Crippen LogP contribution in [0.3, 0.4) is 0 Å². The molecule has 1 aliphatic rings. The Hall–Kier alpha value is -2.41. The Bertz CT molecular complexity index is 1010. The molecule has 0 spiro atoms. The summed E-state index contributed by atoms with van der Waals surface area (Å²) in [5.74, 6) is -0.818. The van der Waals surface area contributed by atoms with Crippen molar-refractivity contribution in [3.63, 3.8) is 0 Å². The van der Waals surface area contributed by atoms with E-state index in [0.29, 0.717) is 10.7 Å². The van der Waals surface area contributed by atoms with Crippen molar-refractivity contribution in [2.75, 3.05) is 11.3 Å². The predicted octanol–water partition coefficient (Wildman–Crippen LogP) is -0.729. The van der Waals surface area contributed by atoms with Crippen molar-refractivity contribution < 1.29 is 27.3 Å². The number of β-lactam (4-membered cyclic amide) rings is 1. The van der Waals surface area contributed by atoms with Crippen LogP contribution in [0.15, 0.2) is 40.9 Å². The molecule has 13 heteroatoms. The standard InChI is InChI=1S/C16H17N5O6S.Na.H/c1-10-7-13(18-27-10)19-28(25,26)20-16(24)21-9-12(15(21)23)17-14(22)8-11-5-3-2-4-6-11;;/h2-7,12H,8-9H2,1H3,(H,17,22)(H,18,19)(H,20,24);;/t12-;;/m0../s1. The Morgan fingerprint density at radius 1 is 1.28 bits per heavy atom. The Balaban J connectivity index is 0.00000300. The number of hydrogen-bond acceptors (Lipinski definition) is 7. The first-order valence-corrected chi connectivity index (χ1v) is 9.64. The molecule has 1 aliphatic heterocycles. The molecule has 0 unspecified atom stereocenters. The molecule has 1 aromatic carbocycles. The fourth-order valence-corrected chi connectivity index (χ4v) is 3.25. The van der Waals surface area contributed by atoms with Crippen molar-refractivity contribution in [3.8, 4) is 0 Å². The molecular weight excluding hydrogens is 413 g/mol. The van der Waals surface area contributed by atoms with Gasteiger partial charge in [-0.05, 0) is 12.5 Å². The molecule has 0 aliphatic carbocycles. The Morgan fingerprint density at radius 3 is 2.55 bits per heavy atom. The Kier molecular flexibility index (Phi) is 7.41. The number of nitrogens with one attached hydrogen (secondary N) is 3. The Labute approximate surface area is 188 Å². The number of anilines is 1. The first-order chi connectivity index (χ1) is 13.2. The van der Waals surface area contributed by atoms with Crippen LogP contribution >= 0.6 is 0 Å². The molecule has 29 heavy (non-hydrogen) atoms. The summed E-state index contributed by atoms with van der Waals surface area (Å²) in [5, 5.41) is 5.94. The zero-order chi connectivity index (χ0) is 20.3. The van der Waals surface area contributed by atoms with E-state index in [-0.39, 0.29) is 54.2 Å². The summed E-state index contributed by atoms with van der Waals surface area (Å²) in [6.45, 7) is 1.43. The van der Waals surface area contributed by atoms with Crippen LogP contribution in [0.4, 0.5) is 10.6 Å². The van der Waals surface area contributed by atoms with Crippen LogP contribution < -0.4 is 14.8 Å². The number of benzene rings is 1. The minimum atomic E-state index is -4.30. The molecule has 3 N–H and O–H groups in total. The maximum atomic E-state index is 12.0. The van der Waals surface area contributed by atoms with Crippen molar-refractivity contribution in [2.24, 2.45) is 0 Å². The predicted molar refractivity (Wildman–Crippen MR) is 103 cm³/mol. The first-order valence-electron chi connectivity index (χ1n) is 8.16. The van der Waals surface area contributed by atoms with E-state index in [0.717, 1.165) is 5.56 Å². The second kappa shape index (κ2) is 9.39. The number of amides is 4. The van der Waals surface area contributed by atoms with Gasteiger partial charge in [0, 0.05) is 6.07 Å². The summed E-state index contributed by atoms with van der Waals surface area (Å²) >= 11 is 0. The summed E-state index contributed by atoms with van der Waals surface area (Å²) in [4.78, 5) is 36.7. The Morgan fingerprint density at radius 2 is 1.97 bits per heavy atom. The molecule has 1 saturated heterocycles. The van der Waals surface area contributed by atoms with Gasteiger partial charge < -0.3 is 9.84 Å². The van der Waals surface area contributed by atoms with Crippen LogP contribution in [0.5, 0.6) is 0 Å². The molecule has 0 radical (unpaired) electrons. The fourth-order valence-electron chi connectivity index (χ4n) is 2.49. The van der Waals surface area contributed by atoms with E-state index in [1.165, 1.54) is 6.07 Å². The van der Waals surface area contributed by atoms with Crippen LogP contribution in [-0.2, 0) is 26.2 Å². The summed E-state index contributed by atoms with van der Waals surface area (Å²) in [6.07, 6.45) is 0.0895. The van der Waals surface area contributed by atoms with E-state index in [2.05, 4.69) is 10.5 Å². The zero-order valence-corrected chi connectivity index (χ0v) is 15.5. The topological polar surface area (TPSA) is 151 Å². The number of urea groups is 1. The molecule has 2 heterocycles. The van der Waals surface area contributed by atoms with Crippen molar-refractivity contribution >= 4 is 63.4 Å². The van der Waals surface area contributed by atoms with Gasteiger partial charge in [0.25, 0.3) is 5.91 Å². The van der Waals surface area contributed by atoms with Gasteiger partial charge in [-0.1, -0.05) is 35.5 Å². The second-order valence-corrected chi connectivity index (χ2v) is 7.48. The summed E-state index contributed by atoms with van der Waals surface area (Å²) < 4.78 is 32.2. The fraction of sp³-hybridized carbons (Fsp3) is 0.250. The molecule has 1 atom stereocenters. The summed E-state index contributed by atoms with van der Waals surface area (Å²) in [6, 6.07) is 8.25. The van der Waals surface area contributed by atoms with E-state index in [9.17, 15) is 22.8 Å². The second-order valence-electron chi connectivity index (χ2n) is 6.07. The number of likely N-dealkylation sites (tertiary alicyclic amines) is 1.